The molecular weight excluding hydrogens is 332 g/mol. The van der Waals surface area contributed by atoms with Crippen LogP contribution in [0.4, 0.5) is 0 Å². The van der Waals surface area contributed by atoms with Gasteiger partial charge in [-0.2, -0.15) is 0 Å². The van der Waals surface area contributed by atoms with E-state index in [1.165, 1.54) is 19.1 Å². The maximum absolute atomic E-state index is 12.0. The number of nitrogens with one attached hydrogen (secondary N) is 1. The van der Waals surface area contributed by atoms with E-state index in [4.69, 9.17) is 9.15 Å². The number of ether oxygens (including phenoxy) is 1. The van der Waals surface area contributed by atoms with Gasteiger partial charge in [-0.3, -0.25) is 4.79 Å². The quantitative estimate of drug-likeness (QED) is 0.546. The molecule has 0 saturated heterocycles. The van der Waals surface area contributed by atoms with Gasteiger partial charge in [0.05, 0.1) is 0 Å². The predicted molar refractivity (Wildman–Crippen MR) is 96.9 cm³/mol. The Kier molecular flexibility index (Phi) is 5.43. The molecule has 1 aromatic heterocycles. The van der Waals surface area contributed by atoms with E-state index < -0.39 is 12.1 Å². The first kappa shape index (κ1) is 17.4. The van der Waals surface area contributed by atoms with Crippen molar-refractivity contribution in [1.82, 2.24) is 10.3 Å². The van der Waals surface area contributed by atoms with Crippen LogP contribution in [-0.4, -0.2) is 23.0 Å². The van der Waals surface area contributed by atoms with Gasteiger partial charge >= 0.3 is 5.97 Å². The molecule has 6 nitrogen and oxygen atoms in total. The number of oxazole rings is 1. The van der Waals surface area contributed by atoms with Gasteiger partial charge in [0.15, 0.2) is 11.7 Å². The average Bonchev–Trinajstić information content (AvgIpc) is 3.08. The summed E-state index contributed by atoms with van der Waals surface area (Å²) in [6.45, 7) is 1.89. The summed E-state index contributed by atoms with van der Waals surface area (Å²) < 4.78 is 10.6. The zero-order valence-electron chi connectivity index (χ0n) is 14.2. The SMILES string of the molecule is C[C@@H](OC(=O)/C=C/c1nc2ccccc2o1)C(=O)NCc1ccccc1. The monoisotopic (exact) mass is 350 g/mol. The van der Waals surface area contributed by atoms with E-state index in [-0.39, 0.29) is 5.91 Å². The first-order valence-electron chi connectivity index (χ1n) is 8.18. The van der Waals surface area contributed by atoms with Crippen LogP contribution in [0.1, 0.15) is 18.4 Å². The van der Waals surface area contributed by atoms with E-state index in [1.807, 2.05) is 48.5 Å². The fourth-order valence-electron chi connectivity index (χ4n) is 2.30. The summed E-state index contributed by atoms with van der Waals surface area (Å²) in [5, 5.41) is 2.72. The molecule has 3 aromatic rings. The van der Waals surface area contributed by atoms with Crippen LogP contribution in [-0.2, 0) is 20.9 Å². The number of fused-ring (bicyclic) bond motifs is 1. The molecule has 0 unspecified atom stereocenters. The van der Waals surface area contributed by atoms with E-state index >= 15 is 0 Å². The number of carbonyl (C=O) groups excluding carboxylic acids is 2. The molecule has 0 aliphatic carbocycles. The van der Waals surface area contributed by atoms with E-state index in [1.54, 1.807) is 6.07 Å². The first-order valence-corrected chi connectivity index (χ1v) is 8.18. The lowest BCUT2D eigenvalue weighted by molar-refractivity contribution is -0.150. The molecule has 1 N–H and O–H groups in total. The standard InChI is InChI=1S/C20H18N2O4/c1-14(20(24)21-13-15-7-3-2-4-8-15)25-19(23)12-11-18-22-16-9-5-6-10-17(16)26-18/h2-12,14H,13H2,1H3,(H,21,24)/b12-11+/t14-/m1/s1. The van der Waals surface area contributed by atoms with Crippen LogP contribution >= 0.6 is 0 Å². The summed E-state index contributed by atoms with van der Waals surface area (Å²) in [4.78, 5) is 28.1. The van der Waals surface area contributed by atoms with Crippen LogP contribution in [0.3, 0.4) is 0 Å². The van der Waals surface area contributed by atoms with Gasteiger partial charge in [-0.1, -0.05) is 42.5 Å². The van der Waals surface area contributed by atoms with Crippen molar-refractivity contribution in [3.8, 4) is 0 Å². The molecule has 1 heterocycles. The van der Waals surface area contributed by atoms with Crippen LogP contribution in [0.2, 0.25) is 0 Å². The Morgan fingerprint density at radius 1 is 1.15 bits per heavy atom. The fraction of sp³-hybridized carbons (Fsp3) is 0.150. The van der Waals surface area contributed by atoms with Gasteiger partial charge < -0.3 is 14.5 Å². The predicted octanol–water partition coefficient (Wildman–Crippen LogP) is 3.09. The number of benzene rings is 2. The van der Waals surface area contributed by atoms with E-state index in [2.05, 4.69) is 10.3 Å². The third-order valence-electron chi connectivity index (χ3n) is 3.64. The molecule has 0 aliphatic rings. The number of nitrogens with zero attached hydrogens (tertiary/aromatic N) is 1. The Bertz CT molecular complexity index is 898. The van der Waals surface area contributed by atoms with Gasteiger partial charge in [-0.25, -0.2) is 9.78 Å². The van der Waals surface area contributed by atoms with Crippen molar-refractivity contribution in [2.24, 2.45) is 0 Å². The molecular formula is C20H18N2O4. The molecule has 0 fully saturated rings. The zero-order chi connectivity index (χ0) is 18.4. The van der Waals surface area contributed by atoms with Gasteiger partial charge in [-0.15, -0.1) is 0 Å². The zero-order valence-corrected chi connectivity index (χ0v) is 14.2. The minimum Gasteiger partial charge on any atom is -0.449 e. The van der Waals surface area contributed by atoms with Crippen LogP contribution < -0.4 is 5.32 Å². The lowest BCUT2D eigenvalue weighted by atomic mass is 10.2. The third kappa shape index (κ3) is 4.57. The number of carbonyl (C=O) groups is 2. The van der Waals surface area contributed by atoms with Crippen molar-refractivity contribution < 1.29 is 18.7 Å². The minimum absolute atomic E-state index is 0.296. The van der Waals surface area contributed by atoms with Gasteiger partial charge in [0.2, 0.25) is 5.89 Å². The highest BCUT2D eigenvalue weighted by atomic mass is 16.5. The van der Waals surface area contributed by atoms with E-state index in [9.17, 15) is 9.59 Å². The number of rotatable bonds is 6. The van der Waals surface area contributed by atoms with Crippen LogP contribution in [0.15, 0.2) is 65.1 Å². The van der Waals surface area contributed by atoms with Gasteiger partial charge in [0.1, 0.15) is 5.52 Å². The van der Waals surface area contributed by atoms with Crippen molar-refractivity contribution in [3.05, 3.63) is 72.1 Å². The molecule has 1 amide bonds. The molecule has 1 atom stereocenters. The highest BCUT2D eigenvalue weighted by Crippen LogP contribution is 2.15. The number of amides is 1. The smallest absolute Gasteiger partial charge is 0.331 e. The molecule has 0 aliphatic heterocycles. The van der Waals surface area contributed by atoms with Gasteiger partial charge in [0, 0.05) is 18.7 Å². The molecule has 0 bridgehead atoms. The number of para-hydroxylation sites is 2. The average molecular weight is 350 g/mol. The third-order valence-corrected chi connectivity index (χ3v) is 3.64. The topological polar surface area (TPSA) is 81.4 Å². The van der Waals surface area contributed by atoms with Crippen molar-refractivity contribution in [2.45, 2.75) is 19.6 Å². The Balaban J connectivity index is 1.50. The summed E-state index contributed by atoms with van der Waals surface area (Å²) in [7, 11) is 0. The first-order chi connectivity index (χ1) is 12.6. The molecule has 0 spiro atoms. The second-order valence-corrected chi connectivity index (χ2v) is 5.64. The number of aromatic nitrogens is 1. The van der Waals surface area contributed by atoms with Crippen molar-refractivity contribution in [3.63, 3.8) is 0 Å². The maximum Gasteiger partial charge on any atom is 0.331 e. The van der Waals surface area contributed by atoms with Crippen molar-refractivity contribution >= 4 is 29.1 Å². The fourth-order valence-corrected chi connectivity index (χ4v) is 2.30. The minimum atomic E-state index is -0.903. The van der Waals surface area contributed by atoms with Crippen molar-refractivity contribution in [2.75, 3.05) is 0 Å². The molecule has 0 saturated carbocycles. The lowest BCUT2D eigenvalue weighted by Crippen LogP contribution is -2.35. The molecule has 6 heteroatoms. The van der Waals surface area contributed by atoms with Gasteiger partial charge in [-0.05, 0) is 24.6 Å². The van der Waals surface area contributed by atoms with Gasteiger partial charge in [0.25, 0.3) is 5.91 Å². The number of esters is 1. The Morgan fingerprint density at radius 3 is 2.65 bits per heavy atom. The second kappa shape index (κ2) is 8.11. The molecule has 3 rings (SSSR count). The summed E-state index contributed by atoms with van der Waals surface area (Å²) in [5.41, 5.74) is 2.30. The summed E-state index contributed by atoms with van der Waals surface area (Å²) in [6, 6.07) is 16.8. The number of hydrogen-bond donors (Lipinski definition) is 1. The molecule has 0 radical (unpaired) electrons. The Labute approximate surface area is 150 Å². The Hall–Kier alpha value is -3.41. The van der Waals surface area contributed by atoms with E-state index in [0.717, 1.165) is 5.56 Å². The highest BCUT2D eigenvalue weighted by molar-refractivity contribution is 5.90. The van der Waals surface area contributed by atoms with Crippen LogP contribution in [0.25, 0.3) is 17.2 Å². The van der Waals surface area contributed by atoms with Crippen molar-refractivity contribution in [1.29, 1.82) is 0 Å². The Morgan fingerprint density at radius 2 is 1.88 bits per heavy atom. The molecule has 2 aromatic carbocycles. The van der Waals surface area contributed by atoms with Crippen LogP contribution in [0.5, 0.6) is 0 Å². The van der Waals surface area contributed by atoms with Crippen LogP contribution in [0, 0.1) is 0 Å². The largest absolute Gasteiger partial charge is 0.449 e. The lowest BCUT2D eigenvalue weighted by Gasteiger charge is -2.12. The highest BCUT2D eigenvalue weighted by Gasteiger charge is 2.16. The molecule has 132 valence electrons. The maximum atomic E-state index is 12.0. The summed E-state index contributed by atoms with van der Waals surface area (Å²) in [6.07, 6.45) is 1.70. The second-order valence-electron chi connectivity index (χ2n) is 5.64. The normalized spacial score (nSPS) is 12.2. The molecule has 26 heavy (non-hydrogen) atoms. The van der Waals surface area contributed by atoms with E-state index in [0.29, 0.717) is 23.5 Å². The summed E-state index contributed by atoms with van der Waals surface area (Å²) in [5.74, 6) is -0.712. The summed E-state index contributed by atoms with van der Waals surface area (Å²) >= 11 is 0. The number of hydrogen-bond acceptors (Lipinski definition) is 5.